The lowest BCUT2D eigenvalue weighted by Crippen LogP contribution is -2.41. The predicted molar refractivity (Wildman–Crippen MR) is 63.8 cm³/mol. The lowest BCUT2D eigenvalue weighted by atomic mass is 10.1. The van der Waals surface area contributed by atoms with Crippen LogP contribution in [0.3, 0.4) is 0 Å². The minimum atomic E-state index is -0.0868. The van der Waals surface area contributed by atoms with E-state index in [4.69, 9.17) is 17.3 Å². The molecular formula is C11H14ClN3. The summed E-state index contributed by atoms with van der Waals surface area (Å²) in [4.78, 5) is 4.46. The van der Waals surface area contributed by atoms with Crippen LogP contribution in [-0.2, 0) is 0 Å². The van der Waals surface area contributed by atoms with Gasteiger partial charge in [0.15, 0.2) is 0 Å². The lowest BCUT2D eigenvalue weighted by Gasteiger charge is -2.22. The molecule has 1 heterocycles. The first kappa shape index (κ1) is 10.5. The van der Waals surface area contributed by atoms with Gasteiger partial charge in [-0.1, -0.05) is 17.7 Å². The number of fused-ring (bicyclic) bond motifs is 1. The second-order valence-electron chi connectivity index (χ2n) is 3.76. The maximum Gasteiger partial charge on any atom is 0.118 e. The van der Waals surface area contributed by atoms with E-state index in [-0.39, 0.29) is 12.1 Å². The molecule has 0 fully saturated rings. The summed E-state index contributed by atoms with van der Waals surface area (Å²) in [6.45, 7) is 1.91. The summed E-state index contributed by atoms with van der Waals surface area (Å²) >= 11 is 6.03. The molecule has 2 unspecified atom stereocenters. The summed E-state index contributed by atoms with van der Waals surface area (Å²) in [5, 5.41) is 4.01. The van der Waals surface area contributed by atoms with Gasteiger partial charge in [0, 0.05) is 17.2 Å². The third-order valence-electron chi connectivity index (χ3n) is 2.30. The number of nitrogens with one attached hydrogen (secondary N) is 1. The fourth-order valence-electron chi connectivity index (χ4n) is 1.57. The minimum absolute atomic E-state index is 0.0136. The average molecular weight is 224 g/mol. The molecule has 3 N–H and O–H groups in total. The van der Waals surface area contributed by atoms with Crippen LogP contribution in [-0.4, -0.2) is 17.9 Å². The van der Waals surface area contributed by atoms with Gasteiger partial charge in [0.25, 0.3) is 0 Å². The number of amidine groups is 1. The molecule has 0 aromatic carbocycles. The molecular weight excluding hydrogens is 210 g/mol. The summed E-state index contributed by atoms with van der Waals surface area (Å²) in [5.74, 6) is 0.810. The Balaban J connectivity index is 2.31. The van der Waals surface area contributed by atoms with Gasteiger partial charge in [-0.15, -0.1) is 0 Å². The van der Waals surface area contributed by atoms with Crippen LogP contribution in [0.5, 0.6) is 0 Å². The highest BCUT2D eigenvalue weighted by atomic mass is 35.5. The Kier molecular flexibility index (Phi) is 2.93. The molecule has 15 heavy (non-hydrogen) atoms. The molecule has 0 amide bonds. The average Bonchev–Trinajstić information content (AvgIpc) is 2.15. The maximum atomic E-state index is 6.03. The highest BCUT2D eigenvalue weighted by Gasteiger charge is 2.16. The van der Waals surface area contributed by atoms with Crippen LogP contribution >= 0.6 is 11.6 Å². The first-order valence-electron chi connectivity index (χ1n) is 5.00. The number of nitrogens with zero attached hydrogens (tertiary/aromatic N) is 1. The maximum absolute atomic E-state index is 6.03. The summed E-state index contributed by atoms with van der Waals surface area (Å²) in [6.07, 6.45) is 8.79. The second kappa shape index (κ2) is 4.21. The van der Waals surface area contributed by atoms with Crippen LogP contribution in [0.4, 0.5) is 0 Å². The van der Waals surface area contributed by atoms with Crippen molar-refractivity contribution in [3.05, 3.63) is 35.0 Å². The van der Waals surface area contributed by atoms with E-state index in [0.717, 1.165) is 23.0 Å². The van der Waals surface area contributed by atoms with E-state index in [0.29, 0.717) is 0 Å². The van der Waals surface area contributed by atoms with Crippen molar-refractivity contribution in [2.24, 2.45) is 10.7 Å². The van der Waals surface area contributed by atoms with Crippen LogP contribution < -0.4 is 11.1 Å². The van der Waals surface area contributed by atoms with E-state index in [1.807, 2.05) is 31.2 Å². The van der Waals surface area contributed by atoms with E-state index >= 15 is 0 Å². The lowest BCUT2D eigenvalue weighted by molar-refractivity contribution is 0.846. The van der Waals surface area contributed by atoms with Crippen LogP contribution in [0.25, 0.3) is 0 Å². The number of hydrogen-bond acceptors (Lipinski definition) is 3. The summed E-state index contributed by atoms with van der Waals surface area (Å²) in [6, 6.07) is -0.0732. The number of hydrogen-bond donors (Lipinski definition) is 2. The Morgan fingerprint density at radius 1 is 1.60 bits per heavy atom. The fourth-order valence-corrected chi connectivity index (χ4v) is 1.79. The molecule has 0 radical (unpaired) electrons. The fraction of sp³-hybridized carbons (Fsp3) is 0.364. The van der Waals surface area contributed by atoms with E-state index in [2.05, 4.69) is 10.3 Å². The Bertz CT molecular complexity index is 377. The van der Waals surface area contributed by atoms with Gasteiger partial charge in [0.1, 0.15) is 5.84 Å². The van der Waals surface area contributed by atoms with Gasteiger partial charge >= 0.3 is 0 Å². The van der Waals surface area contributed by atoms with E-state index in [9.17, 15) is 0 Å². The van der Waals surface area contributed by atoms with Gasteiger partial charge in [-0.25, -0.2) is 0 Å². The molecule has 1 aliphatic heterocycles. The molecule has 0 aromatic rings. The molecule has 1 aliphatic carbocycles. The van der Waals surface area contributed by atoms with Gasteiger partial charge in [0.05, 0.1) is 12.1 Å². The SMILES string of the molecule is CC(N)C1=NC2C=C(/C=C\C/C(Cl)=C\2)N1. The van der Waals surface area contributed by atoms with Crippen molar-refractivity contribution >= 4 is 17.4 Å². The molecule has 3 nitrogen and oxygen atoms in total. The van der Waals surface area contributed by atoms with Crippen molar-refractivity contribution in [3.8, 4) is 0 Å². The Labute approximate surface area is 94.4 Å². The topological polar surface area (TPSA) is 50.4 Å². The van der Waals surface area contributed by atoms with Crippen LogP contribution in [0.2, 0.25) is 0 Å². The van der Waals surface area contributed by atoms with E-state index in [1.165, 1.54) is 0 Å². The standard InChI is InChI=1S/C11H14ClN3/c1-7(13)11-14-9-4-2-3-8(12)5-10(6-9)15-11/h2,4-7,10H,3,13H2,1H3,(H,14,15)/b4-2-,8-5+. The van der Waals surface area contributed by atoms with Crippen LogP contribution in [0.1, 0.15) is 13.3 Å². The van der Waals surface area contributed by atoms with E-state index < -0.39 is 0 Å². The van der Waals surface area contributed by atoms with Crippen LogP contribution in [0, 0.1) is 0 Å². The van der Waals surface area contributed by atoms with Crippen molar-refractivity contribution < 1.29 is 0 Å². The number of allylic oxidation sites excluding steroid dienone is 3. The summed E-state index contributed by atoms with van der Waals surface area (Å²) in [5.41, 5.74) is 6.84. The smallest absolute Gasteiger partial charge is 0.118 e. The third kappa shape index (κ3) is 2.49. The Morgan fingerprint density at radius 3 is 3.13 bits per heavy atom. The first-order chi connectivity index (χ1) is 7.15. The molecule has 4 heteroatoms. The Hall–Kier alpha value is -1.06. The highest BCUT2D eigenvalue weighted by molar-refractivity contribution is 6.29. The second-order valence-corrected chi connectivity index (χ2v) is 4.25. The first-order valence-corrected chi connectivity index (χ1v) is 5.38. The summed E-state index contributed by atoms with van der Waals surface area (Å²) < 4.78 is 0. The largest absolute Gasteiger partial charge is 0.343 e. The van der Waals surface area contributed by atoms with Crippen molar-refractivity contribution in [1.29, 1.82) is 0 Å². The van der Waals surface area contributed by atoms with Gasteiger partial charge in [-0.3, -0.25) is 4.99 Å². The summed E-state index contributed by atoms with van der Waals surface area (Å²) in [7, 11) is 0. The zero-order chi connectivity index (χ0) is 10.8. The molecule has 2 aliphatic rings. The van der Waals surface area contributed by atoms with Crippen molar-refractivity contribution in [2.45, 2.75) is 25.4 Å². The minimum Gasteiger partial charge on any atom is -0.343 e. The van der Waals surface area contributed by atoms with Crippen molar-refractivity contribution in [1.82, 2.24) is 5.32 Å². The molecule has 2 rings (SSSR count). The molecule has 2 bridgehead atoms. The molecule has 0 saturated heterocycles. The highest BCUT2D eigenvalue weighted by Crippen LogP contribution is 2.18. The van der Waals surface area contributed by atoms with Crippen molar-refractivity contribution in [3.63, 3.8) is 0 Å². The molecule has 80 valence electrons. The normalized spacial score (nSPS) is 32.2. The molecule has 0 aromatic heterocycles. The monoisotopic (exact) mass is 223 g/mol. The predicted octanol–water partition coefficient (Wildman–Crippen LogP) is 1.67. The van der Waals surface area contributed by atoms with Gasteiger partial charge in [0.2, 0.25) is 0 Å². The zero-order valence-corrected chi connectivity index (χ0v) is 9.33. The number of halogens is 1. The van der Waals surface area contributed by atoms with Crippen molar-refractivity contribution in [2.75, 3.05) is 0 Å². The number of aliphatic imine (C=N–C) groups is 1. The Morgan fingerprint density at radius 2 is 2.40 bits per heavy atom. The van der Waals surface area contributed by atoms with Crippen LogP contribution in [0.15, 0.2) is 40.0 Å². The number of rotatable bonds is 1. The quantitative estimate of drug-likeness (QED) is 0.711. The van der Waals surface area contributed by atoms with Gasteiger partial charge in [-0.05, 0) is 25.2 Å². The molecule has 0 saturated carbocycles. The van der Waals surface area contributed by atoms with Gasteiger partial charge in [-0.2, -0.15) is 0 Å². The molecule has 2 atom stereocenters. The van der Waals surface area contributed by atoms with E-state index in [1.54, 1.807) is 0 Å². The molecule has 0 spiro atoms. The van der Waals surface area contributed by atoms with Gasteiger partial charge < -0.3 is 11.1 Å². The number of nitrogens with two attached hydrogens (primary N) is 1. The third-order valence-corrected chi connectivity index (χ3v) is 2.58. The zero-order valence-electron chi connectivity index (χ0n) is 8.57.